The van der Waals surface area contributed by atoms with Crippen LogP contribution in [0, 0.1) is 0 Å². The molecule has 13 heavy (non-hydrogen) atoms. The van der Waals surface area contributed by atoms with Crippen molar-refractivity contribution >= 4 is 0 Å². The van der Waals surface area contributed by atoms with E-state index in [9.17, 15) is 8.78 Å². The second-order valence-corrected chi connectivity index (χ2v) is 3.52. The lowest BCUT2D eigenvalue weighted by molar-refractivity contribution is 0.0541. The van der Waals surface area contributed by atoms with Gasteiger partial charge in [-0.3, -0.25) is 0 Å². The summed E-state index contributed by atoms with van der Waals surface area (Å²) in [5.74, 6) is 0. The van der Waals surface area contributed by atoms with E-state index in [1.165, 1.54) is 0 Å². The minimum absolute atomic E-state index is 0.193. The molecule has 0 aromatic rings. The Balaban J connectivity index is 2.18. The molecule has 78 valence electrons. The summed E-state index contributed by atoms with van der Waals surface area (Å²) < 4.78 is 29.0. The van der Waals surface area contributed by atoms with Gasteiger partial charge in [0.25, 0.3) is 6.43 Å². The molecule has 1 rings (SSSR count). The third kappa shape index (κ3) is 4.00. The fourth-order valence-corrected chi connectivity index (χ4v) is 1.80. The van der Waals surface area contributed by atoms with Crippen molar-refractivity contribution in [1.29, 1.82) is 0 Å². The van der Waals surface area contributed by atoms with Gasteiger partial charge in [-0.2, -0.15) is 0 Å². The van der Waals surface area contributed by atoms with E-state index in [0.717, 1.165) is 25.7 Å². The van der Waals surface area contributed by atoms with Gasteiger partial charge < -0.3 is 10.1 Å². The van der Waals surface area contributed by atoms with E-state index in [2.05, 4.69) is 5.32 Å². The molecule has 2 unspecified atom stereocenters. The van der Waals surface area contributed by atoms with Crippen LogP contribution in [0.25, 0.3) is 0 Å². The van der Waals surface area contributed by atoms with E-state index in [1.807, 2.05) is 0 Å². The van der Waals surface area contributed by atoms with Crippen LogP contribution in [0.15, 0.2) is 0 Å². The van der Waals surface area contributed by atoms with Crippen LogP contribution in [-0.2, 0) is 4.74 Å². The van der Waals surface area contributed by atoms with E-state index in [0.29, 0.717) is 0 Å². The molecule has 0 bridgehead atoms. The minimum Gasteiger partial charge on any atom is -0.381 e. The summed E-state index contributed by atoms with van der Waals surface area (Å²) in [4.78, 5) is 0. The van der Waals surface area contributed by atoms with Crippen LogP contribution in [0.3, 0.4) is 0 Å². The van der Waals surface area contributed by atoms with Gasteiger partial charge in [-0.05, 0) is 25.7 Å². The molecule has 0 spiro atoms. The van der Waals surface area contributed by atoms with Gasteiger partial charge >= 0.3 is 0 Å². The van der Waals surface area contributed by atoms with Crippen LogP contribution in [0.1, 0.15) is 25.7 Å². The number of hydrogen-bond donors (Lipinski definition) is 1. The first kappa shape index (κ1) is 10.9. The Bertz CT molecular complexity index is 144. The number of halogens is 2. The second-order valence-electron chi connectivity index (χ2n) is 3.52. The first-order valence-electron chi connectivity index (χ1n) is 4.76. The molecule has 1 fully saturated rings. The van der Waals surface area contributed by atoms with Gasteiger partial charge in [0.15, 0.2) is 0 Å². The number of ether oxygens (including phenoxy) is 1. The highest BCUT2D eigenvalue weighted by atomic mass is 19.3. The van der Waals surface area contributed by atoms with Crippen molar-refractivity contribution in [1.82, 2.24) is 5.32 Å². The standard InChI is InChI=1S/C9H17F2NO/c1-13-8-4-2-3-7(5-8)12-6-9(10)11/h7-9,12H,2-6H2,1H3. The summed E-state index contributed by atoms with van der Waals surface area (Å²) in [5.41, 5.74) is 0. The highest BCUT2D eigenvalue weighted by Crippen LogP contribution is 2.20. The molecule has 1 N–H and O–H groups in total. The first-order chi connectivity index (χ1) is 6.22. The third-order valence-corrected chi connectivity index (χ3v) is 2.52. The molecule has 0 radical (unpaired) electrons. The Morgan fingerprint density at radius 2 is 2.23 bits per heavy atom. The molecule has 2 nitrogen and oxygen atoms in total. The second kappa shape index (κ2) is 5.50. The number of hydrogen-bond acceptors (Lipinski definition) is 2. The molecular formula is C9H17F2NO. The number of alkyl halides is 2. The van der Waals surface area contributed by atoms with E-state index < -0.39 is 6.43 Å². The van der Waals surface area contributed by atoms with Crippen molar-refractivity contribution in [2.45, 2.75) is 44.3 Å². The van der Waals surface area contributed by atoms with Gasteiger partial charge in [0, 0.05) is 13.2 Å². The first-order valence-corrected chi connectivity index (χ1v) is 4.76. The van der Waals surface area contributed by atoms with Crippen molar-refractivity contribution in [2.24, 2.45) is 0 Å². The van der Waals surface area contributed by atoms with Gasteiger partial charge in [0.2, 0.25) is 0 Å². The predicted octanol–water partition coefficient (Wildman–Crippen LogP) is 1.80. The fraction of sp³-hybridized carbons (Fsp3) is 1.00. The molecule has 0 amide bonds. The van der Waals surface area contributed by atoms with Crippen LogP contribution >= 0.6 is 0 Å². The third-order valence-electron chi connectivity index (χ3n) is 2.52. The molecule has 0 aromatic heterocycles. The molecule has 2 atom stereocenters. The maximum Gasteiger partial charge on any atom is 0.250 e. The summed E-state index contributed by atoms with van der Waals surface area (Å²) in [7, 11) is 1.68. The zero-order valence-electron chi connectivity index (χ0n) is 7.93. The van der Waals surface area contributed by atoms with Gasteiger partial charge in [-0.15, -0.1) is 0 Å². The molecular weight excluding hydrogens is 176 g/mol. The Morgan fingerprint density at radius 1 is 1.46 bits per heavy atom. The zero-order chi connectivity index (χ0) is 9.68. The van der Waals surface area contributed by atoms with Crippen molar-refractivity contribution < 1.29 is 13.5 Å². The minimum atomic E-state index is -2.25. The van der Waals surface area contributed by atoms with E-state index in [-0.39, 0.29) is 18.7 Å². The van der Waals surface area contributed by atoms with Crippen LogP contribution in [0.5, 0.6) is 0 Å². The molecule has 4 heteroatoms. The fourth-order valence-electron chi connectivity index (χ4n) is 1.80. The van der Waals surface area contributed by atoms with E-state index >= 15 is 0 Å². The number of rotatable bonds is 4. The van der Waals surface area contributed by atoms with Crippen LogP contribution in [-0.4, -0.2) is 32.2 Å². The van der Waals surface area contributed by atoms with Crippen LogP contribution < -0.4 is 5.32 Å². The maximum absolute atomic E-state index is 11.9. The van der Waals surface area contributed by atoms with Crippen LogP contribution in [0.2, 0.25) is 0 Å². The number of nitrogens with one attached hydrogen (secondary N) is 1. The summed E-state index contributed by atoms with van der Waals surface area (Å²) in [6, 6.07) is 0.215. The predicted molar refractivity (Wildman–Crippen MR) is 47.1 cm³/mol. The normalized spacial score (nSPS) is 29.5. The van der Waals surface area contributed by atoms with Gasteiger partial charge in [-0.25, -0.2) is 8.78 Å². The van der Waals surface area contributed by atoms with Crippen molar-refractivity contribution in [2.75, 3.05) is 13.7 Å². The Hall–Kier alpha value is -0.220. The topological polar surface area (TPSA) is 21.3 Å². The monoisotopic (exact) mass is 193 g/mol. The smallest absolute Gasteiger partial charge is 0.250 e. The van der Waals surface area contributed by atoms with Gasteiger partial charge in [0.1, 0.15) is 0 Å². The summed E-state index contributed by atoms with van der Waals surface area (Å²) in [5, 5.41) is 2.86. The lowest BCUT2D eigenvalue weighted by Gasteiger charge is -2.28. The highest BCUT2D eigenvalue weighted by Gasteiger charge is 2.21. The molecule has 0 aromatic carbocycles. The SMILES string of the molecule is COC1CCCC(NCC(F)F)C1. The Morgan fingerprint density at radius 3 is 2.85 bits per heavy atom. The van der Waals surface area contributed by atoms with E-state index in [1.54, 1.807) is 7.11 Å². The number of methoxy groups -OCH3 is 1. The van der Waals surface area contributed by atoms with Crippen LogP contribution in [0.4, 0.5) is 8.78 Å². The molecule has 1 saturated carbocycles. The zero-order valence-corrected chi connectivity index (χ0v) is 7.93. The summed E-state index contributed by atoms with van der Waals surface area (Å²) in [6.07, 6.45) is 1.99. The lowest BCUT2D eigenvalue weighted by Crippen LogP contribution is -2.38. The summed E-state index contributed by atoms with van der Waals surface area (Å²) in [6.45, 7) is -0.193. The average Bonchev–Trinajstić information content (AvgIpc) is 2.15. The van der Waals surface area contributed by atoms with Gasteiger partial charge in [0.05, 0.1) is 12.6 Å². The van der Waals surface area contributed by atoms with E-state index in [4.69, 9.17) is 4.74 Å². The van der Waals surface area contributed by atoms with Crippen molar-refractivity contribution in [3.05, 3.63) is 0 Å². The van der Waals surface area contributed by atoms with Crippen molar-refractivity contribution in [3.63, 3.8) is 0 Å². The molecule has 0 aliphatic heterocycles. The quantitative estimate of drug-likeness (QED) is 0.735. The largest absolute Gasteiger partial charge is 0.381 e. The lowest BCUT2D eigenvalue weighted by atomic mass is 9.93. The van der Waals surface area contributed by atoms with Gasteiger partial charge in [-0.1, -0.05) is 0 Å². The molecule has 0 saturated heterocycles. The molecule has 0 heterocycles. The van der Waals surface area contributed by atoms with Crippen molar-refractivity contribution in [3.8, 4) is 0 Å². The highest BCUT2D eigenvalue weighted by molar-refractivity contribution is 4.78. The summed E-state index contributed by atoms with van der Waals surface area (Å²) >= 11 is 0. The Kier molecular flexibility index (Phi) is 4.59. The maximum atomic E-state index is 11.9. The molecule has 1 aliphatic rings. The Labute approximate surface area is 77.6 Å². The molecule has 1 aliphatic carbocycles. The average molecular weight is 193 g/mol.